The third-order valence-electron chi connectivity index (χ3n) is 5.21. The molecule has 0 radical (unpaired) electrons. The van der Waals surface area contributed by atoms with E-state index < -0.39 is 48.3 Å². The van der Waals surface area contributed by atoms with E-state index in [1.807, 2.05) is 0 Å². The maximum atomic E-state index is 12.7. The van der Waals surface area contributed by atoms with E-state index in [1.165, 1.54) is 13.0 Å². The number of hydrogen-bond acceptors (Lipinski definition) is 6. The molecule has 4 N–H and O–H groups in total. The molecule has 0 unspecified atom stereocenters. The first-order chi connectivity index (χ1) is 13.1. The third-order valence-corrected chi connectivity index (χ3v) is 5.21. The summed E-state index contributed by atoms with van der Waals surface area (Å²) < 4.78 is 5.60. The number of aliphatic carboxylic acids is 3. The van der Waals surface area contributed by atoms with Crippen molar-refractivity contribution in [1.82, 2.24) is 4.90 Å². The lowest BCUT2D eigenvalue weighted by molar-refractivity contribution is -0.145. The molecule has 0 aliphatic carbocycles. The molecule has 0 aromatic heterocycles. The number of aromatic hydroxyl groups is 1. The smallest absolute Gasteiger partial charge is 0.326 e. The van der Waals surface area contributed by atoms with Gasteiger partial charge >= 0.3 is 17.9 Å². The summed E-state index contributed by atoms with van der Waals surface area (Å²) in [5, 5.41) is 37.9. The molecule has 2 heterocycles. The van der Waals surface area contributed by atoms with E-state index in [9.17, 15) is 29.4 Å². The molecule has 10 nitrogen and oxygen atoms in total. The first-order valence-electron chi connectivity index (χ1n) is 8.64. The number of nitrogens with zero attached hydrogens (tertiary/aromatic N) is 1. The Morgan fingerprint density at radius 1 is 1.21 bits per heavy atom. The van der Waals surface area contributed by atoms with Gasteiger partial charge in [0.1, 0.15) is 23.6 Å². The van der Waals surface area contributed by atoms with Gasteiger partial charge in [0.15, 0.2) is 0 Å². The lowest BCUT2D eigenvalue weighted by Crippen LogP contribution is -2.41. The number of ether oxygens (including phenoxy) is 1. The van der Waals surface area contributed by atoms with Gasteiger partial charge in [-0.2, -0.15) is 0 Å². The normalized spacial score (nSPS) is 19.5. The van der Waals surface area contributed by atoms with E-state index >= 15 is 0 Å². The molecular weight excluding hydrogens is 374 g/mol. The lowest BCUT2D eigenvalue weighted by Gasteiger charge is -2.23. The maximum absolute atomic E-state index is 12.7. The number of carbonyl (C=O) groups is 4. The fourth-order valence-corrected chi connectivity index (χ4v) is 3.55. The number of rotatable bonds is 7. The largest absolute Gasteiger partial charge is 0.507 e. The molecule has 10 heteroatoms. The fraction of sp³-hybridized carbons (Fsp3) is 0.444. The molecule has 28 heavy (non-hydrogen) atoms. The van der Waals surface area contributed by atoms with Crippen LogP contribution >= 0.6 is 0 Å². The predicted octanol–water partition coefficient (Wildman–Crippen LogP) is 0.690. The van der Waals surface area contributed by atoms with Crippen molar-refractivity contribution < 1.29 is 44.3 Å². The zero-order valence-electron chi connectivity index (χ0n) is 14.9. The number of carboxylic acid groups (broad SMARTS) is 3. The van der Waals surface area contributed by atoms with E-state index in [2.05, 4.69) is 0 Å². The predicted molar refractivity (Wildman–Crippen MR) is 91.2 cm³/mol. The first-order valence-corrected chi connectivity index (χ1v) is 8.64. The van der Waals surface area contributed by atoms with E-state index in [1.54, 1.807) is 0 Å². The van der Waals surface area contributed by atoms with Crippen LogP contribution in [0.15, 0.2) is 6.07 Å². The topological polar surface area (TPSA) is 162 Å². The second-order valence-electron chi connectivity index (χ2n) is 6.93. The quantitative estimate of drug-likeness (QED) is 0.522. The van der Waals surface area contributed by atoms with Crippen LogP contribution in [-0.4, -0.2) is 61.3 Å². The second-order valence-corrected chi connectivity index (χ2v) is 6.93. The number of carboxylic acids is 3. The Morgan fingerprint density at radius 2 is 1.89 bits per heavy atom. The summed E-state index contributed by atoms with van der Waals surface area (Å²) in [6.45, 7) is 1.30. The van der Waals surface area contributed by atoms with Gasteiger partial charge in [-0.05, 0) is 19.4 Å². The van der Waals surface area contributed by atoms with E-state index in [0.29, 0.717) is 5.56 Å². The summed E-state index contributed by atoms with van der Waals surface area (Å²) in [6, 6.07) is 0.0446. The molecule has 0 spiro atoms. The summed E-state index contributed by atoms with van der Waals surface area (Å²) >= 11 is 0. The number of phenolic OH excluding ortho intramolecular Hbond substituents is 1. The van der Waals surface area contributed by atoms with Crippen molar-refractivity contribution in [2.24, 2.45) is 5.92 Å². The number of benzene rings is 1. The minimum absolute atomic E-state index is 0.0708. The highest BCUT2D eigenvalue weighted by Crippen LogP contribution is 2.44. The second kappa shape index (κ2) is 7.02. The molecule has 1 aromatic carbocycles. The van der Waals surface area contributed by atoms with E-state index in [-0.39, 0.29) is 42.0 Å². The first kappa shape index (κ1) is 19.5. The number of carbonyl (C=O) groups excluding carboxylic acids is 1. The Hall–Kier alpha value is -3.30. The van der Waals surface area contributed by atoms with E-state index in [4.69, 9.17) is 14.9 Å². The molecule has 2 aliphatic heterocycles. The van der Waals surface area contributed by atoms with Crippen LogP contribution in [0.1, 0.15) is 41.3 Å². The van der Waals surface area contributed by atoms with Crippen LogP contribution in [0.5, 0.6) is 11.5 Å². The molecule has 150 valence electrons. The number of amides is 1. The van der Waals surface area contributed by atoms with Crippen molar-refractivity contribution in [2.45, 2.75) is 44.9 Å². The zero-order chi connectivity index (χ0) is 20.7. The highest BCUT2D eigenvalue weighted by molar-refractivity contribution is 6.02. The Kier molecular flexibility index (Phi) is 4.88. The highest BCUT2D eigenvalue weighted by Gasteiger charge is 2.42. The molecule has 2 aliphatic rings. The summed E-state index contributed by atoms with van der Waals surface area (Å²) in [5.74, 6) is -5.04. The van der Waals surface area contributed by atoms with Crippen LogP contribution in [-0.2, 0) is 27.3 Å². The van der Waals surface area contributed by atoms with Crippen molar-refractivity contribution in [3.8, 4) is 11.5 Å². The standard InChI is InChI=1S/C18H19NO9/c1-7(17(24)25)12-5-9-13(28-12)4-8-10(15(9)22)6-19(16(8)23)11(18(26)27)2-3-14(20)21/h4,7,11-12,22H,2-3,5-6H2,1H3,(H,20,21)(H,24,25)(H,26,27)/t7-,11-,12-/m1/s1. The molecular formula is C18H19NO9. The van der Waals surface area contributed by atoms with Gasteiger partial charge in [0.05, 0.1) is 18.0 Å². The SMILES string of the molecule is C[C@@H](C(=O)O)[C@H]1Cc2c(cc3c(c2O)CN([C@H](CCC(=O)O)C(=O)O)C3=O)O1. The summed E-state index contributed by atoms with van der Waals surface area (Å²) in [4.78, 5) is 47.2. The Morgan fingerprint density at radius 3 is 2.46 bits per heavy atom. The van der Waals surface area contributed by atoms with Crippen molar-refractivity contribution >= 4 is 23.8 Å². The third kappa shape index (κ3) is 3.21. The van der Waals surface area contributed by atoms with Gasteiger partial charge in [0.2, 0.25) is 0 Å². The Labute approximate surface area is 158 Å². The fourth-order valence-electron chi connectivity index (χ4n) is 3.55. The van der Waals surface area contributed by atoms with Crippen LogP contribution in [0.2, 0.25) is 0 Å². The average Bonchev–Trinajstić information content (AvgIpc) is 3.17. The molecule has 0 saturated heterocycles. The van der Waals surface area contributed by atoms with Crippen LogP contribution in [0.4, 0.5) is 0 Å². The molecule has 1 amide bonds. The van der Waals surface area contributed by atoms with Crippen molar-refractivity contribution in [3.63, 3.8) is 0 Å². The Bertz CT molecular complexity index is 878. The molecule has 0 bridgehead atoms. The van der Waals surface area contributed by atoms with Crippen molar-refractivity contribution in [1.29, 1.82) is 0 Å². The number of phenols is 1. The summed E-state index contributed by atoms with van der Waals surface area (Å²) in [6.07, 6.45) is -1.22. The monoisotopic (exact) mass is 393 g/mol. The van der Waals surface area contributed by atoms with E-state index in [0.717, 1.165) is 4.90 Å². The molecule has 0 fully saturated rings. The van der Waals surface area contributed by atoms with Crippen LogP contribution in [0.3, 0.4) is 0 Å². The molecule has 3 rings (SSSR count). The van der Waals surface area contributed by atoms with Crippen LogP contribution < -0.4 is 4.74 Å². The maximum Gasteiger partial charge on any atom is 0.326 e. The van der Waals surface area contributed by atoms with Crippen LogP contribution in [0, 0.1) is 5.92 Å². The van der Waals surface area contributed by atoms with Crippen LogP contribution in [0.25, 0.3) is 0 Å². The molecule has 1 aromatic rings. The minimum atomic E-state index is -1.34. The number of hydrogen-bond donors (Lipinski definition) is 4. The van der Waals surface area contributed by atoms with Gasteiger partial charge in [-0.15, -0.1) is 0 Å². The van der Waals surface area contributed by atoms with Gasteiger partial charge in [0, 0.05) is 24.0 Å². The summed E-state index contributed by atoms with van der Waals surface area (Å²) in [5.41, 5.74) is 0.683. The van der Waals surface area contributed by atoms with Gasteiger partial charge in [-0.3, -0.25) is 14.4 Å². The summed E-state index contributed by atoms with van der Waals surface area (Å²) in [7, 11) is 0. The highest BCUT2D eigenvalue weighted by atomic mass is 16.5. The number of fused-ring (bicyclic) bond motifs is 2. The van der Waals surface area contributed by atoms with Gasteiger partial charge in [-0.25, -0.2) is 4.79 Å². The minimum Gasteiger partial charge on any atom is -0.507 e. The Balaban J connectivity index is 1.88. The average molecular weight is 393 g/mol. The molecule has 0 saturated carbocycles. The van der Waals surface area contributed by atoms with Gasteiger partial charge < -0.3 is 30.1 Å². The lowest BCUT2D eigenvalue weighted by atomic mass is 9.97. The van der Waals surface area contributed by atoms with Gasteiger partial charge in [0.25, 0.3) is 5.91 Å². The molecule has 3 atom stereocenters. The van der Waals surface area contributed by atoms with Crippen molar-refractivity contribution in [3.05, 3.63) is 22.8 Å². The van der Waals surface area contributed by atoms with Crippen molar-refractivity contribution in [2.75, 3.05) is 0 Å². The zero-order valence-corrected chi connectivity index (χ0v) is 14.9. The van der Waals surface area contributed by atoms with Gasteiger partial charge in [-0.1, -0.05) is 0 Å².